The Hall–Kier alpha value is -3.19. The van der Waals surface area contributed by atoms with Gasteiger partial charge >= 0.3 is 0 Å². The summed E-state index contributed by atoms with van der Waals surface area (Å²) in [5.74, 6) is 1.07. The third-order valence-electron chi connectivity index (χ3n) is 4.65. The standard InChI is InChI=1S/C24H30FN5O/c1-5-26-24(27-13-18-8-11-22(25)20(12-18)15-30(3)4)28-14-21-16-31-23(29-21)19-9-6-17(2)7-10-19/h6-12,16H,5,13-15H2,1-4H3,(H2,26,27,28). The van der Waals surface area contributed by atoms with E-state index < -0.39 is 0 Å². The Bertz CT molecular complexity index is 1010. The molecule has 0 amide bonds. The zero-order chi connectivity index (χ0) is 22.2. The molecule has 0 saturated carbocycles. The van der Waals surface area contributed by atoms with Gasteiger partial charge in [-0.05, 0) is 57.8 Å². The van der Waals surface area contributed by atoms with Crippen LogP contribution in [0.1, 0.15) is 29.3 Å². The number of hydrogen-bond donors (Lipinski definition) is 2. The molecule has 2 aromatic carbocycles. The van der Waals surface area contributed by atoms with Crippen LogP contribution in [0.25, 0.3) is 11.5 Å². The van der Waals surface area contributed by atoms with Crippen molar-refractivity contribution in [3.8, 4) is 11.5 Å². The molecule has 0 spiro atoms. The second kappa shape index (κ2) is 10.7. The lowest BCUT2D eigenvalue weighted by molar-refractivity contribution is 0.392. The Morgan fingerprint density at radius 1 is 1.13 bits per heavy atom. The maximum absolute atomic E-state index is 14.0. The van der Waals surface area contributed by atoms with Gasteiger partial charge in [0.15, 0.2) is 5.96 Å². The summed E-state index contributed by atoms with van der Waals surface area (Å²) in [6.45, 7) is 6.27. The van der Waals surface area contributed by atoms with E-state index in [2.05, 4.69) is 20.6 Å². The Balaban J connectivity index is 1.63. The van der Waals surface area contributed by atoms with Gasteiger partial charge < -0.3 is 20.0 Å². The molecule has 31 heavy (non-hydrogen) atoms. The number of rotatable bonds is 8. The van der Waals surface area contributed by atoms with Crippen molar-refractivity contribution in [2.45, 2.75) is 33.5 Å². The van der Waals surface area contributed by atoms with Crippen molar-refractivity contribution >= 4 is 5.96 Å². The number of benzene rings is 2. The number of nitrogens with zero attached hydrogens (tertiary/aromatic N) is 3. The number of aromatic nitrogens is 1. The van der Waals surface area contributed by atoms with Gasteiger partial charge in [-0.25, -0.2) is 14.4 Å². The van der Waals surface area contributed by atoms with Gasteiger partial charge in [0, 0.05) is 24.2 Å². The van der Waals surface area contributed by atoms with E-state index in [1.807, 2.05) is 63.2 Å². The molecule has 0 radical (unpaired) electrons. The smallest absolute Gasteiger partial charge is 0.226 e. The SMILES string of the molecule is CCNC(=NCc1ccc(F)c(CN(C)C)c1)NCc1coc(-c2ccc(C)cc2)n1. The highest BCUT2D eigenvalue weighted by Gasteiger charge is 2.08. The van der Waals surface area contributed by atoms with Crippen LogP contribution in [0.5, 0.6) is 0 Å². The number of aryl methyl sites for hydroxylation is 1. The lowest BCUT2D eigenvalue weighted by Crippen LogP contribution is -2.36. The third-order valence-corrected chi connectivity index (χ3v) is 4.65. The molecular weight excluding hydrogens is 393 g/mol. The third kappa shape index (κ3) is 6.65. The van der Waals surface area contributed by atoms with Gasteiger partial charge in [0.2, 0.25) is 5.89 Å². The molecule has 1 aromatic heterocycles. The van der Waals surface area contributed by atoms with E-state index in [1.54, 1.807) is 12.3 Å². The minimum absolute atomic E-state index is 0.193. The van der Waals surface area contributed by atoms with Gasteiger partial charge in [-0.1, -0.05) is 23.8 Å². The summed E-state index contributed by atoms with van der Waals surface area (Å²) in [4.78, 5) is 11.1. The number of aliphatic imine (C=N–C) groups is 1. The fourth-order valence-corrected chi connectivity index (χ4v) is 3.09. The minimum atomic E-state index is -0.193. The summed E-state index contributed by atoms with van der Waals surface area (Å²) in [6, 6.07) is 13.2. The number of guanidine groups is 1. The molecule has 7 heteroatoms. The van der Waals surface area contributed by atoms with Crippen LogP contribution in [-0.2, 0) is 19.6 Å². The fraction of sp³-hybridized carbons (Fsp3) is 0.333. The molecule has 1 heterocycles. The van der Waals surface area contributed by atoms with Gasteiger partial charge in [-0.3, -0.25) is 0 Å². The first kappa shape index (κ1) is 22.5. The van der Waals surface area contributed by atoms with Crippen molar-refractivity contribution in [2.75, 3.05) is 20.6 Å². The first-order valence-electron chi connectivity index (χ1n) is 10.4. The molecule has 0 saturated heterocycles. The van der Waals surface area contributed by atoms with Crippen molar-refractivity contribution in [3.63, 3.8) is 0 Å². The van der Waals surface area contributed by atoms with Crippen LogP contribution >= 0.6 is 0 Å². The van der Waals surface area contributed by atoms with Crippen molar-refractivity contribution in [3.05, 3.63) is 76.9 Å². The molecule has 3 rings (SSSR count). The van der Waals surface area contributed by atoms with E-state index in [0.29, 0.717) is 37.0 Å². The van der Waals surface area contributed by atoms with Crippen molar-refractivity contribution in [1.82, 2.24) is 20.5 Å². The average Bonchev–Trinajstić information content (AvgIpc) is 3.21. The predicted octanol–water partition coefficient (Wildman–Crippen LogP) is 4.11. The molecule has 0 unspecified atom stereocenters. The summed E-state index contributed by atoms with van der Waals surface area (Å²) in [6.07, 6.45) is 1.65. The van der Waals surface area contributed by atoms with Gasteiger partial charge in [-0.15, -0.1) is 0 Å². The molecule has 0 bridgehead atoms. The molecule has 0 aliphatic rings. The second-order valence-electron chi connectivity index (χ2n) is 7.72. The summed E-state index contributed by atoms with van der Waals surface area (Å²) in [7, 11) is 3.84. The van der Waals surface area contributed by atoms with E-state index >= 15 is 0 Å². The Kier molecular flexibility index (Phi) is 7.78. The van der Waals surface area contributed by atoms with Crippen LogP contribution < -0.4 is 10.6 Å². The Morgan fingerprint density at radius 3 is 2.61 bits per heavy atom. The highest BCUT2D eigenvalue weighted by Crippen LogP contribution is 2.19. The quantitative estimate of drug-likeness (QED) is 0.422. The molecule has 2 N–H and O–H groups in total. The summed E-state index contributed by atoms with van der Waals surface area (Å²) in [5.41, 5.74) is 4.55. The molecule has 164 valence electrons. The van der Waals surface area contributed by atoms with Crippen molar-refractivity contribution < 1.29 is 8.81 Å². The van der Waals surface area contributed by atoms with Crippen LogP contribution in [0, 0.1) is 12.7 Å². The predicted molar refractivity (Wildman–Crippen MR) is 122 cm³/mol. The van der Waals surface area contributed by atoms with Crippen LogP contribution in [0.4, 0.5) is 4.39 Å². The highest BCUT2D eigenvalue weighted by molar-refractivity contribution is 5.79. The maximum atomic E-state index is 14.0. The average molecular weight is 424 g/mol. The lowest BCUT2D eigenvalue weighted by Gasteiger charge is -2.12. The fourth-order valence-electron chi connectivity index (χ4n) is 3.09. The van der Waals surface area contributed by atoms with E-state index in [-0.39, 0.29) is 5.82 Å². The first-order chi connectivity index (χ1) is 14.9. The zero-order valence-electron chi connectivity index (χ0n) is 18.6. The Morgan fingerprint density at radius 2 is 1.90 bits per heavy atom. The molecular formula is C24H30FN5O. The summed E-state index contributed by atoms with van der Waals surface area (Å²) >= 11 is 0. The van der Waals surface area contributed by atoms with Crippen LogP contribution in [0.2, 0.25) is 0 Å². The molecule has 3 aromatic rings. The first-order valence-corrected chi connectivity index (χ1v) is 10.4. The summed E-state index contributed by atoms with van der Waals surface area (Å²) in [5, 5.41) is 6.50. The van der Waals surface area contributed by atoms with Crippen molar-refractivity contribution in [2.24, 2.45) is 4.99 Å². The molecule has 0 atom stereocenters. The second-order valence-corrected chi connectivity index (χ2v) is 7.72. The number of hydrogen-bond acceptors (Lipinski definition) is 4. The van der Waals surface area contributed by atoms with Crippen molar-refractivity contribution in [1.29, 1.82) is 0 Å². The van der Waals surface area contributed by atoms with Crippen LogP contribution in [0.15, 0.2) is 58.1 Å². The monoisotopic (exact) mass is 423 g/mol. The van der Waals surface area contributed by atoms with E-state index in [0.717, 1.165) is 23.4 Å². The van der Waals surface area contributed by atoms with E-state index in [9.17, 15) is 4.39 Å². The van der Waals surface area contributed by atoms with Gasteiger partial charge in [0.1, 0.15) is 12.1 Å². The Labute approximate surface area is 183 Å². The van der Waals surface area contributed by atoms with Crippen LogP contribution in [-0.4, -0.2) is 36.5 Å². The topological polar surface area (TPSA) is 65.7 Å². The van der Waals surface area contributed by atoms with Gasteiger partial charge in [0.05, 0.1) is 18.8 Å². The molecule has 6 nitrogen and oxygen atoms in total. The molecule has 0 fully saturated rings. The zero-order valence-corrected chi connectivity index (χ0v) is 18.6. The van der Waals surface area contributed by atoms with Gasteiger partial charge in [-0.2, -0.15) is 0 Å². The number of halogens is 1. The number of nitrogens with one attached hydrogen (secondary N) is 2. The lowest BCUT2D eigenvalue weighted by atomic mass is 10.1. The maximum Gasteiger partial charge on any atom is 0.226 e. The summed E-state index contributed by atoms with van der Waals surface area (Å²) < 4.78 is 19.6. The van der Waals surface area contributed by atoms with E-state index in [4.69, 9.17) is 4.42 Å². The minimum Gasteiger partial charge on any atom is -0.444 e. The van der Waals surface area contributed by atoms with E-state index in [1.165, 1.54) is 11.6 Å². The number of oxazole rings is 1. The van der Waals surface area contributed by atoms with Crippen LogP contribution in [0.3, 0.4) is 0 Å². The van der Waals surface area contributed by atoms with Gasteiger partial charge in [0.25, 0.3) is 0 Å². The largest absolute Gasteiger partial charge is 0.444 e. The highest BCUT2D eigenvalue weighted by atomic mass is 19.1. The normalized spacial score (nSPS) is 11.7. The molecule has 0 aliphatic carbocycles. The molecule has 0 aliphatic heterocycles.